The molecular formula is C7H16N2O. The van der Waals surface area contributed by atoms with Crippen molar-refractivity contribution in [3.63, 3.8) is 0 Å². The summed E-state index contributed by atoms with van der Waals surface area (Å²) in [5.41, 5.74) is 10.5. The highest BCUT2D eigenvalue weighted by Crippen LogP contribution is 2.07. The summed E-state index contributed by atoms with van der Waals surface area (Å²) in [4.78, 5) is 10.5. The SMILES string of the molecule is CCCC(C)C(N)C(N)=O. The average Bonchev–Trinajstić information content (AvgIpc) is 1.87. The summed E-state index contributed by atoms with van der Waals surface area (Å²) < 4.78 is 0. The lowest BCUT2D eigenvalue weighted by atomic mass is 9.97. The highest BCUT2D eigenvalue weighted by atomic mass is 16.1. The number of hydrogen-bond acceptors (Lipinski definition) is 2. The number of primary amides is 1. The van der Waals surface area contributed by atoms with Crippen molar-refractivity contribution in [3.05, 3.63) is 0 Å². The highest BCUT2D eigenvalue weighted by molar-refractivity contribution is 5.79. The molecule has 2 atom stereocenters. The molecule has 0 spiro atoms. The van der Waals surface area contributed by atoms with Crippen LogP contribution in [0.4, 0.5) is 0 Å². The molecule has 3 nitrogen and oxygen atoms in total. The monoisotopic (exact) mass is 144 g/mol. The maximum atomic E-state index is 10.5. The molecule has 3 heteroatoms. The molecule has 0 heterocycles. The van der Waals surface area contributed by atoms with Gasteiger partial charge in [-0.05, 0) is 12.3 Å². The second kappa shape index (κ2) is 4.28. The van der Waals surface area contributed by atoms with Gasteiger partial charge < -0.3 is 11.5 Å². The number of rotatable bonds is 4. The topological polar surface area (TPSA) is 69.1 Å². The zero-order valence-electron chi connectivity index (χ0n) is 6.63. The van der Waals surface area contributed by atoms with Gasteiger partial charge in [-0.25, -0.2) is 0 Å². The first-order chi connectivity index (χ1) is 4.59. The molecule has 0 saturated heterocycles. The lowest BCUT2D eigenvalue weighted by Crippen LogP contribution is -2.41. The van der Waals surface area contributed by atoms with E-state index in [1.807, 2.05) is 6.92 Å². The van der Waals surface area contributed by atoms with Gasteiger partial charge in [0.2, 0.25) is 5.91 Å². The first-order valence-corrected chi connectivity index (χ1v) is 3.64. The van der Waals surface area contributed by atoms with Gasteiger partial charge in [0.05, 0.1) is 6.04 Å². The first kappa shape index (κ1) is 9.43. The fourth-order valence-corrected chi connectivity index (χ4v) is 0.915. The van der Waals surface area contributed by atoms with Gasteiger partial charge >= 0.3 is 0 Å². The third-order valence-electron chi connectivity index (χ3n) is 1.69. The summed E-state index contributed by atoms with van der Waals surface area (Å²) in [5.74, 6) is -0.191. The van der Waals surface area contributed by atoms with E-state index in [9.17, 15) is 4.79 Å². The number of carbonyl (C=O) groups is 1. The van der Waals surface area contributed by atoms with E-state index in [0.717, 1.165) is 12.8 Å². The molecule has 0 fully saturated rings. The van der Waals surface area contributed by atoms with Crippen LogP contribution in [0.3, 0.4) is 0 Å². The minimum Gasteiger partial charge on any atom is -0.368 e. The van der Waals surface area contributed by atoms with Crippen molar-refractivity contribution in [1.82, 2.24) is 0 Å². The van der Waals surface area contributed by atoms with E-state index in [1.54, 1.807) is 0 Å². The Balaban J connectivity index is 3.69. The van der Waals surface area contributed by atoms with Crippen molar-refractivity contribution in [3.8, 4) is 0 Å². The Hall–Kier alpha value is -0.570. The van der Waals surface area contributed by atoms with Crippen molar-refractivity contribution in [2.24, 2.45) is 17.4 Å². The van der Waals surface area contributed by atoms with Crippen LogP contribution in [0.15, 0.2) is 0 Å². The third-order valence-corrected chi connectivity index (χ3v) is 1.69. The van der Waals surface area contributed by atoms with E-state index < -0.39 is 11.9 Å². The van der Waals surface area contributed by atoms with Gasteiger partial charge in [-0.1, -0.05) is 20.3 Å². The van der Waals surface area contributed by atoms with E-state index >= 15 is 0 Å². The Morgan fingerprint density at radius 3 is 2.40 bits per heavy atom. The van der Waals surface area contributed by atoms with E-state index in [-0.39, 0.29) is 5.92 Å². The third kappa shape index (κ3) is 2.82. The molecule has 0 bridgehead atoms. The Bertz CT molecular complexity index is 114. The number of nitrogens with two attached hydrogens (primary N) is 2. The molecule has 0 aromatic heterocycles. The number of hydrogen-bond donors (Lipinski definition) is 2. The van der Waals surface area contributed by atoms with Crippen LogP contribution in [0.2, 0.25) is 0 Å². The molecule has 0 rings (SSSR count). The second-order valence-corrected chi connectivity index (χ2v) is 2.69. The summed E-state index contributed by atoms with van der Waals surface area (Å²) in [6.07, 6.45) is 2.01. The van der Waals surface area contributed by atoms with Crippen molar-refractivity contribution in [2.45, 2.75) is 32.7 Å². The fourth-order valence-electron chi connectivity index (χ4n) is 0.915. The minimum absolute atomic E-state index is 0.211. The molecule has 0 radical (unpaired) electrons. The maximum Gasteiger partial charge on any atom is 0.234 e. The zero-order chi connectivity index (χ0) is 8.15. The Morgan fingerprint density at radius 2 is 2.10 bits per heavy atom. The van der Waals surface area contributed by atoms with Gasteiger partial charge in [0, 0.05) is 0 Å². The molecule has 4 N–H and O–H groups in total. The van der Waals surface area contributed by atoms with Crippen LogP contribution in [0.1, 0.15) is 26.7 Å². The van der Waals surface area contributed by atoms with E-state index in [4.69, 9.17) is 11.5 Å². The molecule has 0 aromatic rings. The second-order valence-electron chi connectivity index (χ2n) is 2.69. The van der Waals surface area contributed by atoms with Crippen LogP contribution in [0, 0.1) is 5.92 Å². The predicted octanol–water partition coefficient (Wildman–Crippen LogP) is 0.235. The molecular weight excluding hydrogens is 128 g/mol. The summed E-state index contributed by atoms with van der Waals surface area (Å²) in [6, 6.07) is -0.472. The van der Waals surface area contributed by atoms with Gasteiger partial charge in [0.25, 0.3) is 0 Å². The zero-order valence-corrected chi connectivity index (χ0v) is 6.63. The quantitative estimate of drug-likeness (QED) is 0.593. The smallest absolute Gasteiger partial charge is 0.234 e. The summed E-state index contributed by atoms with van der Waals surface area (Å²) in [7, 11) is 0. The van der Waals surface area contributed by atoms with Crippen LogP contribution in [0.25, 0.3) is 0 Å². The molecule has 2 unspecified atom stereocenters. The largest absolute Gasteiger partial charge is 0.368 e. The maximum absolute atomic E-state index is 10.5. The van der Waals surface area contributed by atoms with Crippen molar-refractivity contribution in [1.29, 1.82) is 0 Å². The fraction of sp³-hybridized carbons (Fsp3) is 0.857. The van der Waals surface area contributed by atoms with Gasteiger partial charge in [0.15, 0.2) is 0 Å². The Labute approximate surface area is 61.8 Å². The van der Waals surface area contributed by atoms with Gasteiger partial charge in [0.1, 0.15) is 0 Å². The normalized spacial score (nSPS) is 16.3. The molecule has 0 aliphatic carbocycles. The average molecular weight is 144 g/mol. The summed E-state index contributed by atoms with van der Waals surface area (Å²) in [5, 5.41) is 0. The standard InChI is InChI=1S/C7H16N2O/c1-3-4-5(2)6(8)7(9)10/h5-6H,3-4,8H2,1-2H3,(H2,9,10). The van der Waals surface area contributed by atoms with Crippen LogP contribution in [-0.2, 0) is 4.79 Å². The Kier molecular flexibility index (Phi) is 4.03. The lowest BCUT2D eigenvalue weighted by molar-refractivity contribution is -0.120. The van der Waals surface area contributed by atoms with Gasteiger partial charge in [-0.15, -0.1) is 0 Å². The molecule has 0 aliphatic heterocycles. The Morgan fingerprint density at radius 1 is 1.60 bits per heavy atom. The predicted molar refractivity (Wildman–Crippen MR) is 41.2 cm³/mol. The molecule has 0 saturated carbocycles. The van der Waals surface area contributed by atoms with Crippen molar-refractivity contribution in [2.75, 3.05) is 0 Å². The van der Waals surface area contributed by atoms with Gasteiger partial charge in [-0.3, -0.25) is 4.79 Å². The lowest BCUT2D eigenvalue weighted by Gasteiger charge is -2.14. The summed E-state index contributed by atoms with van der Waals surface area (Å²) in [6.45, 7) is 4.00. The van der Waals surface area contributed by atoms with E-state index in [1.165, 1.54) is 0 Å². The molecule has 1 amide bonds. The van der Waals surface area contributed by atoms with Crippen molar-refractivity contribution >= 4 is 5.91 Å². The molecule has 0 aliphatic rings. The van der Waals surface area contributed by atoms with Crippen LogP contribution >= 0.6 is 0 Å². The van der Waals surface area contributed by atoms with Crippen LogP contribution < -0.4 is 11.5 Å². The van der Waals surface area contributed by atoms with Crippen LogP contribution in [0.5, 0.6) is 0 Å². The molecule has 60 valence electrons. The minimum atomic E-state index is -0.472. The van der Waals surface area contributed by atoms with E-state index in [0.29, 0.717) is 0 Å². The first-order valence-electron chi connectivity index (χ1n) is 3.64. The molecule has 0 aromatic carbocycles. The summed E-state index contributed by atoms with van der Waals surface area (Å²) >= 11 is 0. The van der Waals surface area contributed by atoms with Gasteiger partial charge in [-0.2, -0.15) is 0 Å². The van der Waals surface area contributed by atoms with Crippen LogP contribution in [-0.4, -0.2) is 11.9 Å². The number of carbonyl (C=O) groups excluding carboxylic acids is 1. The van der Waals surface area contributed by atoms with Crippen molar-refractivity contribution < 1.29 is 4.79 Å². The molecule has 10 heavy (non-hydrogen) atoms. The van der Waals surface area contributed by atoms with E-state index in [2.05, 4.69) is 6.92 Å². The number of amides is 1. The highest BCUT2D eigenvalue weighted by Gasteiger charge is 2.16.